The van der Waals surface area contributed by atoms with E-state index < -0.39 is 10.0 Å². The summed E-state index contributed by atoms with van der Waals surface area (Å²) >= 11 is 0. The number of hydrogen-bond donors (Lipinski definition) is 1. The molecule has 3 fully saturated rings. The lowest BCUT2D eigenvalue weighted by Crippen LogP contribution is -2.46. The lowest BCUT2D eigenvalue weighted by atomic mass is 9.91. The van der Waals surface area contributed by atoms with Crippen molar-refractivity contribution >= 4 is 10.0 Å². The van der Waals surface area contributed by atoms with Crippen molar-refractivity contribution in [2.75, 3.05) is 26.2 Å². The Balaban J connectivity index is 1.64. The molecule has 1 saturated carbocycles. The van der Waals surface area contributed by atoms with E-state index in [-0.39, 0.29) is 17.4 Å². The van der Waals surface area contributed by atoms with E-state index in [1.807, 2.05) is 0 Å². The van der Waals surface area contributed by atoms with Crippen LogP contribution in [0.4, 0.5) is 0 Å². The second-order valence-electron chi connectivity index (χ2n) is 6.48. The average molecular weight is 302 g/mol. The van der Waals surface area contributed by atoms with E-state index in [4.69, 9.17) is 0 Å². The summed E-state index contributed by atoms with van der Waals surface area (Å²) in [6.45, 7) is 2.83. The van der Waals surface area contributed by atoms with Gasteiger partial charge in [0.1, 0.15) is 0 Å². The van der Waals surface area contributed by atoms with Crippen LogP contribution in [0.1, 0.15) is 44.9 Å². The van der Waals surface area contributed by atoms with Crippen molar-refractivity contribution < 1.29 is 13.5 Å². The maximum atomic E-state index is 12.6. The van der Waals surface area contributed by atoms with E-state index in [0.717, 1.165) is 51.5 Å². The van der Waals surface area contributed by atoms with Crippen LogP contribution in [0, 0.1) is 0 Å². The van der Waals surface area contributed by atoms with Gasteiger partial charge in [-0.15, -0.1) is 0 Å². The number of likely N-dealkylation sites (tertiary alicyclic amines) is 1. The predicted molar refractivity (Wildman–Crippen MR) is 78.0 cm³/mol. The molecule has 2 saturated heterocycles. The van der Waals surface area contributed by atoms with E-state index in [2.05, 4.69) is 4.90 Å². The van der Waals surface area contributed by atoms with Gasteiger partial charge in [-0.2, -0.15) is 0 Å². The molecule has 0 amide bonds. The van der Waals surface area contributed by atoms with Crippen LogP contribution in [0.25, 0.3) is 0 Å². The second-order valence-corrected chi connectivity index (χ2v) is 8.69. The summed E-state index contributed by atoms with van der Waals surface area (Å²) in [6, 6.07) is 0.183. The molecule has 1 N–H and O–H groups in total. The normalized spacial score (nSPS) is 37.5. The molecule has 0 bridgehead atoms. The van der Waals surface area contributed by atoms with Gasteiger partial charge in [0.05, 0.1) is 11.4 Å². The molecule has 0 aromatic heterocycles. The molecule has 1 aliphatic carbocycles. The minimum atomic E-state index is -3.12. The summed E-state index contributed by atoms with van der Waals surface area (Å²) in [4.78, 5) is 2.22. The first-order valence-electron chi connectivity index (χ1n) is 8.00. The molecule has 5 nitrogen and oxygen atoms in total. The predicted octanol–water partition coefficient (Wildman–Crippen LogP) is 0.790. The summed E-state index contributed by atoms with van der Waals surface area (Å²) in [5.41, 5.74) is 0. The molecular formula is C14H26N2O3S. The van der Waals surface area contributed by atoms with Crippen LogP contribution < -0.4 is 0 Å². The third-order valence-electron chi connectivity index (χ3n) is 5.19. The summed E-state index contributed by atoms with van der Waals surface area (Å²) in [5.74, 6) is 0. The third-order valence-corrected chi connectivity index (χ3v) is 7.50. The van der Waals surface area contributed by atoms with Gasteiger partial charge < -0.3 is 5.11 Å². The van der Waals surface area contributed by atoms with Crippen molar-refractivity contribution in [2.45, 2.75) is 62.3 Å². The maximum absolute atomic E-state index is 12.6. The molecule has 2 aliphatic heterocycles. The van der Waals surface area contributed by atoms with Crippen molar-refractivity contribution in [3.05, 3.63) is 0 Å². The van der Waals surface area contributed by atoms with Crippen LogP contribution in [0.15, 0.2) is 0 Å². The summed E-state index contributed by atoms with van der Waals surface area (Å²) in [6.07, 6.45) is 6.58. The summed E-state index contributed by atoms with van der Waals surface area (Å²) in [5, 5.41) is 9.87. The molecule has 20 heavy (non-hydrogen) atoms. The van der Waals surface area contributed by atoms with Gasteiger partial charge in [0.15, 0.2) is 0 Å². The van der Waals surface area contributed by atoms with Crippen molar-refractivity contribution in [3.63, 3.8) is 0 Å². The minimum absolute atomic E-state index is 0.183. The number of nitrogens with zero attached hydrogens (tertiary/aromatic N) is 2. The van der Waals surface area contributed by atoms with Crippen molar-refractivity contribution in [1.29, 1.82) is 0 Å². The highest BCUT2D eigenvalue weighted by atomic mass is 32.2. The van der Waals surface area contributed by atoms with Gasteiger partial charge in [-0.3, -0.25) is 4.90 Å². The summed E-state index contributed by atoms with van der Waals surface area (Å²) in [7, 11) is -3.12. The average Bonchev–Trinajstić information content (AvgIpc) is 3.11. The van der Waals surface area contributed by atoms with Crippen LogP contribution in [-0.2, 0) is 10.0 Å². The second kappa shape index (κ2) is 5.91. The van der Waals surface area contributed by atoms with Crippen LogP contribution in [0.3, 0.4) is 0 Å². The maximum Gasteiger partial charge on any atom is 0.218 e. The Bertz CT molecular complexity index is 434. The van der Waals surface area contributed by atoms with E-state index >= 15 is 0 Å². The first-order valence-corrected chi connectivity index (χ1v) is 9.50. The van der Waals surface area contributed by atoms with Crippen LogP contribution in [0.5, 0.6) is 0 Å². The van der Waals surface area contributed by atoms with E-state index in [1.165, 1.54) is 0 Å². The van der Waals surface area contributed by atoms with Crippen LogP contribution in [0.2, 0.25) is 0 Å². The molecule has 3 unspecified atom stereocenters. The van der Waals surface area contributed by atoms with Gasteiger partial charge in [-0.05, 0) is 38.6 Å². The fraction of sp³-hybridized carbons (Fsp3) is 1.00. The highest BCUT2D eigenvalue weighted by Crippen LogP contribution is 2.29. The zero-order valence-electron chi connectivity index (χ0n) is 12.1. The lowest BCUT2D eigenvalue weighted by molar-refractivity contribution is 0.0312. The lowest BCUT2D eigenvalue weighted by Gasteiger charge is -2.35. The number of sulfonamides is 1. The van der Waals surface area contributed by atoms with Gasteiger partial charge in [0, 0.05) is 25.7 Å². The van der Waals surface area contributed by atoms with Crippen LogP contribution >= 0.6 is 0 Å². The topological polar surface area (TPSA) is 60.9 Å². The van der Waals surface area contributed by atoms with E-state index in [0.29, 0.717) is 19.6 Å². The largest absolute Gasteiger partial charge is 0.391 e. The van der Waals surface area contributed by atoms with Gasteiger partial charge >= 0.3 is 0 Å². The van der Waals surface area contributed by atoms with Gasteiger partial charge in [-0.25, -0.2) is 12.7 Å². The zero-order chi connectivity index (χ0) is 14.2. The molecule has 3 aliphatic rings. The number of hydrogen-bond acceptors (Lipinski definition) is 4. The third kappa shape index (κ3) is 2.75. The Hall–Kier alpha value is -0.170. The Labute approximate surface area is 122 Å². The summed E-state index contributed by atoms with van der Waals surface area (Å²) < 4.78 is 26.8. The molecule has 3 atom stereocenters. The SMILES string of the molecule is O=S(=O)(C1CCN(C2CCCCC2O)C1)N1CCCC1. The Morgan fingerprint density at radius 3 is 2.30 bits per heavy atom. The highest BCUT2D eigenvalue weighted by Gasteiger charge is 2.41. The van der Waals surface area contributed by atoms with E-state index in [9.17, 15) is 13.5 Å². The molecular weight excluding hydrogens is 276 g/mol. The standard InChI is InChI=1S/C14H26N2O3S/c17-14-6-2-1-5-13(14)15-10-7-12(11-15)20(18,19)16-8-3-4-9-16/h12-14,17H,1-11H2. The minimum Gasteiger partial charge on any atom is -0.391 e. The number of aliphatic hydroxyl groups excluding tert-OH is 1. The molecule has 0 spiro atoms. The Morgan fingerprint density at radius 1 is 0.900 bits per heavy atom. The number of aliphatic hydroxyl groups is 1. The molecule has 2 heterocycles. The molecule has 3 rings (SSSR count). The fourth-order valence-corrected chi connectivity index (χ4v) is 5.94. The molecule has 0 aromatic rings. The molecule has 0 aromatic carbocycles. The Kier molecular flexibility index (Phi) is 4.36. The fourth-order valence-electron chi connectivity index (χ4n) is 3.97. The first-order chi connectivity index (χ1) is 9.59. The molecule has 0 radical (unpaired) electrons. The zero-order valence-corrected chi connectivity index (χ0v) is 12.9. The monoisotopic (exact) mass is 302 g/mol. The molecule has 116 valence electrons. The van der Waals surface area contributed by atoms with E-state index in [1.54, 1.807) is 4.31 Å². The quantitative estimate of drug-likeness (QED) is 0.837. The van der Waals surface area contributed by atoms with Crippen LogP contribution in [-0.4, -0.2) is 66.3 Å². The molecule has 6 heteroatoms. The first kappa shape index (κ1) is 14.8. The highest BCUT2D eigenvalue weighted by molar-refractivity contribution is 7.89. The van der Waals surface area contributed by atoms with Crippen molar-refractivity contribution in [3.8, 4) is 0 Å². The van der Waals surface area contributed by atoms with Crippen molar-refractivity contribution in [2.24, 2.45) is 0 Å². The van der Waals surface area contributed by atoms with Gasteiger partial charge in [-0.1, -0.05) is 12.8 Å². The van der Waals surface area contributed by atoms with Crippen molar-refractivity contribution in [1.82, 2.24) is 9.21 Å². The smallest absolute Gasteiger partial charge is 0.218 e. The van der Waals surface area contributed by atoms with Gasteiger partial charge in [0.2, 0.25) is 10.0 Å². The number of rotatable bonds is 3. The van der Waals surface area contributed by atoms with Gasteiger partial charge in [0.25, 0.3) is 0 Å². The Morgan fingerprint density at radius 2 is 1.60 bits per heavy atom.